The van der Waals surface area contributed by atoms with Crippen LogP contribution < -0.4 is 0 Å². The maximum Gasteiger partial charge on any atom is 0.630 e. The third-order valence-corrected chi connectivity index (χ3v) is 10.7. The van der Waals surface area contributed by atoms with E-state index in [0.717, 1.165) is 27.7 Å². The van der Waals surface area contributed by atoms with Gasteiger partial charge < -0.3 is 31.3 Å². The normalized spacial score (nSPS) is 11.0. The minimum atomic E-state index is -4.42. The molecule has 0 bridgehead atoms. The lowest BCUT2D eigenvalue weighted by atomic mass is 10.4. The smallest absolute Gasteiger partial charge is 0.465 e. The Morgan fingerprint density at radius 1 is 0.541 bits per heavy atom. The van der Waals surface area contributed by atoms with Crippen LogP contribution in [-0.2, 0) is 60.1 Å². The van der Waals surface area contributed by atoms with Gasteiger partial charge in [-0.05, 0) is 26.7 Å². The zero-order valence-electron chi connectivity index (χ0n) is 22.0. The molecule has 0 spiro atoms. The topological polar surface area (TPSA) is 167 Å². The number of hydrogen-bond donors (Lipinski definition) is 0. The third kappa shape index (κ3) is 14.1. The molecular formula is C22H34O13Si2. The van der Waals surface area contributed by atoms with Gasteiger partial charge in [-0.3, -0.25) is 19.2 Å². The fraction of sp³-hybridized carbons (Fsp3) is 0.545. The molecule has 0 fully saturated rings. The molecule has 0 radical (unpaired) electrons. The Morgan fingerprint density at radius 3 is 1.03 bits per heavy atom. The van der Waals surface area contributed by atoms with Crippen LogP contribution in [0.15, 0.2) is 24.3 Å². The van der Waals surface area contributed by atoms with Gasteiger partial charge in [0.05, 0.1) is 13.2 Å². The molecule has 0 aromatic carbocycles. The number of esters is 2. The molecule has 0 rings (SSSR count). The fourth-order valence-corrected chi connectivity index (χ4v) is 9.47. The van der Waals surface area contributed by atoms with E-state index in [9.17, 15) is 28.8 Å². The maximum atomic E-state index is 12.0. The number of ether oxygens (including phenoxy) is 2. The molecule has 0 N–H and O–H groups in total. The van der Waals surface area contributed by atoms with Crippen LogP contribution in [0.1, 0.15) is 54.4 Å². The lowest BCUT2D eigenvalue weighted by Crippen LogP contribution is -2.60. The minimum absolute atomic E-state index is 0.00729. The van der Waals surface area contributed by atoms with Gasteiger partial charge in [-0.25, -0.2) is 9.59 Å². The van der Waals surface area contributed by atoms with Crippen molar-refractivity contribution in [2.75, 3.05) is 13.2 Å². The van der Waals surface area contributed by atoms with Crippen LogP contribution >= 0.6 is 0 Å². The summed E-state index contributed by atoms with van der Waals surface area (Å²) in [5, 5.41) is 0. The minimum Gasteiger partial charge on any atom is -0.465 e. The molecule has 0 amide bonds. The van der Waals surface area contributed by atoms with E-state index in [-0.39, 0.29) is 49.3 Å². The molecule has 0 heterocycles. The average molecular weight is 563 g/mol. The van der Waals surface area contributed by atoms with Crippen molar-refractivity contribution in [1.82, 2.24) is 0 Å². The number of rotatable bonds is 16. The van der Waals surface area contributed by atoms with Gasteiger partial charge in [0, 0.05) is 50.9 Å². The molecule has 0 aliphatic carbocycles. The summed E-state index contributed by atoms with van der Waals surface area (Å²) in [6.07, 6.45) is -0.0146. The van der Waals surface area contributed by atoms with Crippen molar-refractivity contribution in [2.24, 2.45) is 0 Å². The summed E-state index contributed by atoms with van der Waals surface area (Å²) in [6, 6.07) is -0.533. The average Bonchev–Trinajstić information content (AvgIpc) is 2.71. The second-order valence-corrected chi connectivity index (χ2v) is 13.2. The number of hydrogen-bond acceptors (Lipinski definition) is 13. The first kappa shape index (κ1) is 33.7. The van der Waals surface area contributed by atoms with Gasteiger partial charge >= 0.3 is 29.5 Å². The standard InChI is InChI=1S/C22H34O13Si2/c1-15(2)21(27)29-11-9-13-36(31-17(5)23,32-18(6)24)35-37(33-19(7)25,34-20(8)26)14-10-12-30-22(28)16(3)4/h1,3,9-14H2,2,4-8H3. The molecular weight excluding hydrogens is 528 g/mol. The van der Waals surface area contributed by atoms with Crippen LogP contribution in [0.3, 0.4) is 0 Å². The summed E-state index contributed by atoms with van der Waals surface area (Å²) in [7, 11) is -8.83. The van der Waals surface area contributed by atoms with E-state index in [0.29, 0.717) is 0 Å². The predicted molar refractivity (Wildman–Crippen MR) is 130 cm³/mol. The number of carbonyl (C=O) groups is 6. The summed E-state index contributed by atoms with van der Waals surface area (Å²) in [5.41, 5.74) is 0.312. The van der Waals surface area contributed by atoms with Gasteiger partial charge in [0.15, 0.2) is 0 Å². The molecule has 0 atom stereocenters. The summed E-state index contributed by atoms with van der Waals surface area (Å²) >= 11 is 0. The Morgan fingerprint density at radius 2 is 0.811 bits per heavy atom. The monoisotopic (exact) mass is 562 g/mol. The molecule has 0 saturated heterocycles. The Balaban J connectivity index is 6.17. The van der Waals surface area contributed by atoms with E-state index in [1.54, 1.807) is 0 Å². The van der Waals surface area contributed by atoms with Crippen molar-refractivity contribution in [2.45, 2.75) is 66.5 Å². The SMILES string of the molecule is C=C(C)C(=O)OCCC[Si](OC(C)=O)(OC(C)=O)O[Si](CCCOC(=O)C(=C)C)(OC(C)=O)OC(C)=O. The second-order valence-electron chi connectivity index (χ2n) is 7.88. The van der Waals surface area contributed by atoms with Crippen molar-refractivity contribution in [3.63, 3.8) is 0 Å². The van der Waals surface area contributed by atoms with Gasteiger partial charge in [0.25, 0.3) is 23.9 Å². The summed E-state index contributed by atoms with van der Waals surface area (Å²) < 4.78 is 37.3. The predicted octanol–water partition coefficient (Wildman–Crippen LogP) is 2.15. The van der Waals surface area contributed by atoms with Crippen LogP contribution in [0, 0.1) is 0 Å². The highest BCUT2D eigenvalue weighted by atomic mass is 28.5. The Bertz CT molecular complexity index is 808. The van der Waals surface area contributed by atoms with Gasteiger partial charge in [0.1, 0.15) is 0 Å². The quantitative estimate of drug-likeness (QED) is 0.116. The summed E-state index contributed by atoms with van der Waals surface area (Å²) in [5.74, 6) is -4.90. The molecule has 0 aromatic heterocycles. The van der Waals surface area contributed by atoms with E-state index in [4.69, 9.17) is 31.3 Å². The molecule has 0 aliphatic heterocycles. The largest absolute Gasteiger partial charge is 0.630 e. The van der Waals surface area contributed by atoms with Crippen LogP contribution in [0.4, 0.5) is 0 Å². The molecule has 0 aliphatic rings. The van der Waals surface area contributed by atoms with Crippen LogP contribution in [-0.4, -0.2) is 66.6 Å². The second kappa shape index (κ2) is 15.7. The third-order valence-electron chi connectivity index (χ3n) is 3.93. The molecule has 0 unspecified atom stereocenters. The summed E-state index contributed by atoms with van der Waals surface area (Å²) in [6.45, 7) is 13.6. The van der Waals surface area contributed by atoms with Gasteiger partial charge in [-0.15, -0.1) is 0 Å². The molecule has 0 aromatic rings. The highest BCUT2D eigenvalue weighted by molar-refractivity contribution is 6.77. The Hall–Kier alpha value is -3.31. The Kier molecular flexibility index (Phi) is 14.3. The molecule has 0 saturated carbocycles. The highest BCUT2D eigenvalue weighted by Crippen LogP contribution is 2.29. The van der Waals surface area contributed by atoms with E-state index < -0.39 is 53.4 Å². The van der Waals surface area contributed by atoms with Crippen molar-refractivity contribution in [3.05, 3.63) is 24.3 Å². The molecule has 37 heavy (non-hydrogen) atoms. The highest BCUT2D eigenvalue weighted by Gasteiger charge is 2.61. The van der Waals surface area contributed by atoms with E-state index in [1.807, 2.05) is 0 Å². The molecule has 15 heteroatoms. The fourth-order valence-electron chi connectivity index (χ4n) is 2.70. The molecule has 13 nitrogen and oxygen atoms in total. The Labute approximate surface area is 217 Å². The zero-order chi connectivity index (χ0) is 28.8. The lowest BCUT2D eigenvalue weighted by Gasteiger charge is -2.35. The van der Waals surface area contributed by atoms with Crippen molar-refractivity contribution < 1.29 is 60.1 Å². The molecule has 208 valence electrons. The lowest BCUT2D eigenvalue weighted by molar-refractivity contribution is -0.146. The van der Waals surface area contributed by atoms with Crippen molar-refractivity contribution >= 4 is 53.4 Å². The van der Waals surface area contributed by atoms with E-state index in [1.165, 1.54) is 13.8 Å². The first-order valence-corrected chi connectivity index (χ1v) is 15.0. The number of carbonyl (C=O) groups excluding carboxylic acids is 6. The first-order valence-electron chi connectivity index (χ1n) is 11.2. The first-order chi connectivity index (χ1) is 17.0. The summed E-state index contributed by atoms with van der Waals surface area (Å²) in [4.78, 5) is 71.3. The van der Waals surface area contributed by atoms with Gasteiger partial charge in [0.2, 0.25) is 0 Å². The van der Waals surface area contributed by atoms with Crippen LogP contribution in [0.5, 0.6) is 0 Å². The van der Waals surface area contributed by atoms with E-state index in [2.05, 4.69) is 13.2 Å². The van der Waals surface area contributed by atoms with Crippen molar-refractivity contribution in [3.8, 4) is 0 Å². The van der Waals surface area contributed by atoms with Crippen molar-refractivity contribution in [1.29, 1.82) is 0 Å². The maximum absolute atomic E-state index is 12.0. The zero-order valence-corrected chi connectivity index (χ0v) is 24.0. The van der Waals surface area contributed by atoms with Crippen LogP contribution in [0.25, 0.3) is 0 Å². The van der Waals surface area contributed by atoms with Gasteiger partial charge in [-0.2, -0.15) is 0 Å². The van der Waals surface area contributed by atoms with Crippen LogP contribution in [0.2, 0.25) is 12.1 Å². The van der Waals surface area contributed by atoms with Gasteiger partial charge in [-0.1, -0.05) is 13.2 Å². The van der Waals surface area contributed by atoms with E-state index >= 15 is 0 Å².